The Hall–Kier alpha value is -2.82. The number of para-hydroxylation sites is 1. The second-order valence-corrected chi connectivity index (χ2v) is 6.14. The normalized spacial score (nSPS) is 13.2. The van der Waals surface area contributed by atoms with Crippen molar-refractivity contribution in [2.45, 2.75) is 26.2 Å². The van der Waals surface area contributed by atoms with Gasteiger partial charge in [0.2, 0.25) is 5.91 Å². The van der Waals surface area contributed by atoms with E-state index in [-0.39, 0.29) is 24.3 Å². The zero-order valence-electron chi connectivity index (χ0n) is 14.2. The molecule has 1 aliphatic carbocycles. The number of benzene rings is 2. The molecule has 5 nitrogen and oxygen atoms in total. The Morgan fingerprint density at radius 2 is 1.76 bits per heavy atom. The topological polar surface area (TPSA) is 67.4 Å². The first-order valence-electron chi connectivity index (χ1n) is 8.57. The third-order valence-corrected chi connectivity index (χ3v) is 4.07. The number of hydrogen-bond acceptors (Lipinski definition) is 3. The number of aryl methyl sites for hydroxylation is 1. The number of amides is 2. The van der Waals surface area contributed by atoms with Crippen LogP contribution in [0, 0.1) is 5.92 Å². The molecule has 2 N–H and O–H groups in total. The molecular weight excluding hydrogens is 316 g/mol. The van der Waals surface area contributed by atoms with Crippen molar-refractivity contribution in [2.24, 2.45) is 5.92 Å². The lowest BCUT2D eigenvalue weighted by atomic mass is 10.1. The molecule has 0 aromatic heterocycles. The molecule has 5 heteroatoms. The van der Waals surface area contributed by atoms with E-state index >= 15 is 0 Å². The predicted octanol–water partition coefficient (Wildman–Crippen LogP) is 3.62. The SMILES string of the molecule is CCc1ccccc1OCC(=O)Nc1cccc(NC(=O)C2CC2)c1. The van der Waals surface area contributed by atoms with Gasteiger partial charge >= 0.3 is 0 Å². The molecule has 2 aromatic carbocycles. The number of rotatable bonds is 7. The Bertz CT molecular complexity index is 769. The molecule has 3 rings (SSSR count). The van der Waals surface area contributed by atoms with Crippen molar-refractivity contribution in [3.8, 4) is 5.75 Å². The number of carbonyl (C=O) groups excluding carboxylic acids is 2. The Balaban J connectivity index is 1.54. The fourth-order valence-corrected chi connectivity index (χ4v) is 2.54. The second-order valence-electron chi connectivity index (χ2n) is 6.14. The third kappa shape index (κ3) is 4.83. The minimum absolute atomic E-state index is 0.0444. The molecule has 0 atom stereocenters. The van der Waals surface area contributed by atoms with Gasteiger partial charge < -0.3 is 15.4 Å². The summed E-state index contributed by atoms with van der Waals surface area (Å²) in [5.74, 6) is 0.676. The lowest BCUT2D eigenvalue weighted by molar-refractivity contribution is -0.118. The van der Waals surface area contributed by atoms with Crippen LogP contribution in [0.1, 0.15) is 25.3 Å². The molecule has 2 amide bonds. The summed E-state index contributed by atoms with van der Waals surface area (Å²) in [7, 11) is 0. The molecule has 130 valence electrons. The van der Waals surface area contributed by atoms with Crippen LogP contribution in [0.4, 0.5) is 11.4 Å². The average molecular weight is 338 g/mol. The molecule has 25 heavy (non-hydrogen) atoms. The number of ether oxygens (including phenoxy) is 1. The summed E-state index contributed by atoms with van der Waals surface area (Å²) in [5.41, 5.74) is 2.39. The van der Waals surface area contributed by atoms with E-state index in [9.17, 15) is 9.59 Å². The van der Waals surface area contributed by atoms with Crippen molar-refractivity contribution in [3.63, 3.8) is 0 Å². The lowest BCUT2D eigenvalue weighted by Crippen LogP contribution is -2.20. The first-order chi connectivity index (χ1) is 12.2. The van der Waals surface area contributed by atoms with E-state index in [1.165, 1.54) is 0 Å². The van der Waals surface area contributed by atoms with Gasteiger partial charge in [0.1, 0.15) is 5.75 Å². The molecule has 1 aliphatic rings. The summed E-state index contributed by atoms with van der Waals surface area (Å²) in [4.78, 5) is 23.9. The van der Waals surface area contributed by atoms with Crippen LogP contribution >= 0.6 is 0 Å². The van der Waals surface area contributed by atoms with Gasteiger partial charge in [0.25, 0.3) is 5.91 Å². The highest BCUT2D eigenvalue weighted by molar-refractivity contribution is 5.96. The molecule has 0 saturated heterocycles. The summed E-state index contributed by atoms with van der Waals surface area (Å²) < 4.78 is 5.61. The van der Waals surface area contributed by atoms with Gasteiger partial charge in [-0.3, -0.25) is 9.59 Å². The average Bonchev–Trinajstić information content (AvgIpc) is 3.45. The largest absolute Gasteiger partial charge is 0.483 e. The van der Waals surface area contributed by atoms with Crippen LogP contribution in [0.25, 0.3) is 0 Å². The van der Waals surface area contributed by atoms with Gasteiger partial charge in [-0.2, -0.15) is 0 Å². The van der Waals surface area contributed by atoms with Crippen LogP contribution in [-0.2, 0) is 16.0 Å². The van der Waals surface area contributed by atoms with Crippen molar-refractivity contribution >= 4 is 23.2 Å². The fourth-order valence-electron chi connectivity index (χ4n) is 2.54. The number of carbonyl (C=O) groups is 2. The number of hydrogen-bond donors (Lipinski definition) is 2. The van der Waals surface area contributed by atoms with Crippen molar-refractivity contribution < 1.29 is 14.3 Å². The van der Waals surface area contributed by atoms with Crippen LogP contribution in [0.15, 0.2) is 48.5 Å². The Labute approximate surface area is 147 Å². The van der Waals surface area contributed by atoms with E-state index in [2.05, 4.69) is 10.6 Å². The summed E-state index contributed by atoms with van der Waals surface area (Å²) >= 11 is 0. The van der Waals surface area contributed by atoms with Crippen LogP contribution in [0.2, 0.25) is 0 Å². The van der Waals surface area contributed by atoms with E-state index in [1.807, 2.05) is 37.3 Å². The first kappa shape index (κ1) is 17.0. The van der Waals surface area contributed by atoms with Gasteiger partial charge in [0, 0.05) is 17.3 Å². The lowest BCUT2D eigenvalue weighted by Gasteiger charge is -2.11. The first-order valence-corrected chi connectivity index (χ1v) is 8.57. The molecule has 0 spiro atoms. The van der Waals surface area contributed by atoms with E-state index in [0.29, 0.717) is 11.4 Å². The Kier molecular flexibility index (Phi) is 5.33. The molecule has 0 bridgehead atoms. The van der Waals surface area contributed by atoms with Crippen molar-refractivity contribution in [1.82, 2.24) is 0 Å². The van der Waals surface area contributed by atoms with Gasteiger partial charge in [-0.1, -0.05) is 31.2 Å². The van der Waals surface area contributed by atoms with Gasteiger partial charge in [0.05, 0.1) is 0 Å². The standard InChI is InChI=1S/C20H22N2O3/c1-2-14-6-3-4-9-18(14)25-13-19(23)21-16-7-5-8-17(12-16)22-20(24)15-10-11-15/h3-9,12,15H,2,10-11,13H2,1H3,(H,21,23)(H,22,24). The quantitative estimate of drug-likeness (QED) is 0.810. The van der Waals surface area contributed by atoms with E-state index in [0.717, 1.165) is 30.6 Å². The van der Waals surface area contributed by atoms with Crippen molar-refractivity contribution in [3.05, 3.63) is 54.1 Å². The molecule has 2 aromatic rings. The molecule has 0 unspecified atom stereocenters. The molecule has 0 radical (unpaired) electrons. The maximum atomic E-state index is 12.1. The molecule has 1 fully saturated rings. The highest BCUT2D eigenvalue weighted by Crippen LogP contribution is 2.30. The highest BCUT2D eigenvalue weighted by Gasteiger charge is 2.29. The van der Waals surface area contributed by atoms with Crippen LogP contribution in [-0.4, -0.2) is 18.4 Å². The van der Waals surface area contributed by atoms with Crippen molar-refractivity contribution in [2.75, 3.05) is 17.2 Å². The van der Waals surface area contributed by atoms with Crippen LogP contribution < -0.4 is 15.4 Å². The molecular formula is C20H22N2O3. The predicted molar refractivity (Wildman–Crippen MR) is 97.7 cm³/mol. The summed E-state index contributed by atoms with van der Waals surface area (Å²) in [6.07, 6.45) is 2.76. The highest BCUT2D eigenvalue weighted by atomic mass is 16.5. The van der Waals surface area contributed by atoms with Crippen LogP contribution in [0.5, 0.6) is 5.75 Å². The van der Waals surface area contributed by atoms with E-state index in [4.69, 9.17) is 4.74 Å². The molecule has 0 aliphatic heterocycles. The Morgan fingerprint density at radius 1 is 1.04 bits per heavy atom. The van der Waals surface area contributed by atoms with E-state index < -0.39 is 0 Å². The second kappa shape index (κ2) is 7.83. The minimum atomic E-state index is -0.239. The van der Waals surface area contributed by atoms with E-state index in [1.54, 1.807) is 18.2 Å². The van der Waals surface area contributed by atoms with Gasteiger partial charge in [-0.15, -0.1) is 0 Å². The van der Waals surface area contributed by atoms with Gasteiger partial charge in [0.15, 0.2) is 6.61 Å². The Morgan fingerprint density at radius 3 is 2.48 bits per heavy atom. The summed E-state index contributed by atoms with van der Waals surface area (Å²) in [6.45, 7) is 1.99. The van der Waals surface area contributed by atoms with Gasteiger partial charge in [-0.25, -0.2) is 0 Å². The van der Waals surface area contributed by atoms with Crippen molar-refractivity contribution in [1.29, 1.82) is 0 Å². The maximum absolute atomic E-state index is 12.1. The maximum Gasteiger partial charge on any atom is 0.262 e. The monoisotopic (exact) mass is 338 g/mol. The zero-order chi connectivity index (χ0) is 17.6. The number of nitrogens with one attached hydrogen (secondary N) is 2. The summed E-state index contributed by atoms with van der Waals surface area (Å²) in [5, 5.41) is 5.66. The van der Waals surface area contributed by atoms with Crippen LogP contribution in [0.3, 0.4) is 0 Å². The zero-order valence-corrected chi connectivity index (χ0v) is 14.2. The molecule has 1 saturated carbocycles. The smallest absolute Gasteiger partial charge is 0.262 e. The van der Waals surface area contributed by atoms with Gasteiger partial charge in [-0.05, 0) is 49.1 Å². The minimum Gasteiger partial charge on any atom is -0.483 e. The fraction of sp³-hybridized carbons (Fsp3) is 0.300. The summed E-state index contributed by atoms with van der Waals surface area (Å²) in [6, 6.07) is 14.8. The third-order valence-electron chi connectivity index (χ3n) is 4.07. The molecule has 0 heterocycles. The number of anilines is 2.